The molecular formula is C20H28O4. The highest BCUT2D eigenvalue weighted by atomic mass is 16.4. The van der Waals surface area contributed by atoms with Gasteiger partial charge < -0.3 is 10.2 Å². The van der Waals surface area contributed by atoms with Gasteiger partial charge in [-0.25, -0.2) is 0 Å². The second-order valence-electron chi connectivity index (χ2n) is 6.01. The molecule has 0 fully saturated rings. The summed E-state index contributed by atoms with van der Waals surface area (Å²) in [5, 5.41) is 18.5. The summed E-state index contributed by atoms with van der Waals surface area (Å²) in [6.45, 7) is 2.05. The van der Waals surface area contributed by atoms with Crippen LogP contribution in [0.1, 0.15) is 45.4 Å². The lowest BCUT2D eigenvalue weighted by Gasteiger charge is -2.13. The molecule has 0 heterocycles. The van der Waals surface area contributed by atoms with Crippen LogP contribution in [0.3, 0.4) is 0 Å². The molecule has 1 aliphatic carbocycles. The normalized spacial score (nSPS) is 22.3. The van der Waals surface area contributed by atoms with Crippen molar-refractivity contribution in [3.8, 4) is 0 Å². The zero-order chi connectivity index (χ0) is 17.8. The van der Waals surface area contributed by atoms with Gasteiger partial charge in [-0.1, -0.05) is 49.5 Å². The summed E-state index contributed by atoms with van der Waals surface area (Å²) in [5.74, 6) is -0.766. The van der Waals surface area contributed by atoms with Gasteiger partial charge in [0.1, 0.15) is 0 Å². The molecule has 0 amide bonds. The first-order chi connectivity index (χ1) is 11.5. The highest BCUT2D eigenvalue weighted by Gasteiger charge is 2.27. The number of rotatable bonds is 11. The maximum atomic E-state index is 11.9. The van der Waals surface area contributed by atoms with E-state index < -0.39 is 12.1 Å². The molecule has 3 atom stereocenters. The van der Waals surface area contributed by atoms with Crippen LogP contribution >= 0.6 is 0 Å². The number of hydrogen-bond donors (Lipinski definition) is 2. The van der Waals surface area contributed by atoms with Gasteiger partial charge in [0.15, 0.2) is 5.78 Å². The second-order valence-corrected chi connectivity index (χ2v) is 6.01. The highest BCUT2D eigenvalue weighted by Crippen LogP contribution is 2.27. The Labute approximate surface area is 144 Å². The van der Waals surface area contributed by atoms with Crippen LogP contribution in [-0.2, 0) is 9.59 Å². The second kappa shape index (κ2) is 11.6. The third-order valence-electron chi connectivity index (χ3n) is 3.97. The number of carbonyl (C=O) groups excluding carboxylic acids is 1. The van der Waals surface area contributed by atoms with Crippen LogP contribution in [0, 0.1) is 11.8 Å². The van der Waals surface area contributed by atoms with Crippen LogP contribution in [0.25, 0.3) is 0 Å². The van der Waals surface area contributed by atoms with E-state index in [1.54, 1.807) is 12.2 Å². The molecule has 4 heteroatoms. The molecule has 0 unspecified atom stereocenters. The molecule has 0 saturated heterocycles. The standard InChI is InChI=1S/C20H28O4/c1-2-3-6-9-17(21)14-12-16-13-15-19(22)18(16)10-7-4-5-8-11-20(23)24/h3-4,6-7,12-18,21H,2,5,8-11H2,1H3,(H,23,24)/b6-3-,7-4-,14-12+/t16-,17+,18-/m1/s1. The number of carboxylic acid groups (broad SMARTS) is 1. The molecule has 1 rings (SSSR count). The van der Waals surface area contributed by atoms with E-state index in [1.165, 1.54) is 0 Å². The number of hydrogen-bond acceptors (Lipinski definition) is 3. The summed E-state index contributed by atoms with van der Waals surface area (Å²) in [6, 6.07) is 0. The fourth-order valence-electron chi connectivity index (χ4n) is 2.59. The highest BCUT2D eigenvalue weighted by molar-refractivity contribution is 5.95. The lowest BCUT2D eigenvalue weighted by atomic mass is 9.90. The zero-order valence-electron chi connectivity index (χ0n) is 14.3. The van der Waals surface area contributed by atoms with Gasteiger partial charge in [-0.2, -0.15) is 0 Å². The van der Waals surface area contributed by atoms with E-state index in [1.807, 2.05) is 43.4 Å². The maximum absolute atomic E-state index is 11.9. The van der Waals surface area contributed by atoms with Crippen molar-refractivity contribution in [3.63, 3.8) is 0 Å². The molecule has 4 nitrogen and oxygen atoms in total. The van der Waals surface area contributed by atoms with Crippen LogP contribution in [0.15, 0.2) is 48.6 Å². The minimum Gasteiger partial charge on any atom is -0.481 e. The van der Waals surface area contributed by atoms with Gasteiger partial charge >= 0.3 is 5.97 Å². The third kappa shape index (κ3) is 8.06. The number of allylic oxidation sites excluding steroid dienone is 6. The lowest BCUT2D eigenvalue weighted by molar-refractivity contribution is -0.137. The van der Waals surface area contributed by atoms with Gasteiger partial charge in [0, 0.05) is 18.3 Å². The van der Waals surface area contributed by atoms with Crippen molar-refractivity contribution in [2.75, 3.05) is 0 Å². The zero-order valence-corrected chi connectivity index (χ0v) is 14.3. The minimum absolute atomic E-state index is 0.0194. The van der Waals surface area contributed by atoms with Crippen molar-refractivity contribution in [2.45, 2.75) is 51.6 Å². The molecule has 0 saturated carbocycles. The fourth-order valence-corrected chi connectivity index (χ4v) is 2.59. The quantitative estimate of drug-likeness (QED) is 0.445. The van der Waals surface area contributed by atoms with Gasteiger partial charge in [-0.3, -0.25) is 9.59 Å². The Kier molecular flexibility index (Phi) is 9.70. The van der Waals surface area contributed by atoms with E-state index in [0.29, 0.717) is 25.7 Å². The first kappa shape index (κ1) is 20.1. The Balaban J connectivity index is 2.42. The number of aliphatic hydroxyl groups is 1. The van der Waals surface area contributed by atoms with Crippen LogP contribution in [0.5, 0.6) is 0 Å². The van der Waals surface area contributed by atoms with Gasteiger partial charge in [0.2, 0.25) is 0 Å². The number of unbranched alkanes of at least 4 members (excludes halogenated alkanes) is 1. The molecule has 0 aromatic rings. The van der Waals surface area contributed by atoms with E-state index in [0.717, 1.165) is 6.42 Å². The molecule has 132 valence electrons. The molecule has 1 aliphatic rings. The predicted octanol–water partition coefficient (Wildman–Crippen LogP) is 3.83. The molecule has 0 aromatic carbocycles. The smallest absolute Gasteiger partial charge is 0.303 e. The van der Waals surface area contributed by atoms with Crippen LogP contribution in [0.2, 0.25) is 0 Å². The SMILES string of the molecule is CC/C=C\C[C@H](O)/C=C/[C@@H]1C=CC(=O)[C@@H]1C/C=C\CCCC(=O)O. The molecule has 0 spiro atoms. The van der Waals surface area contributed by atoms with E-state index in [9.17, 15) is 14.7 Å². The van der Waals surface area contributed by atoms with Gasteiger partial charge in [-0.15, -0.1) is 0 Å². The first-order valence-electron chi connectivity index (χ1n) is 8.64. The Morgan fingerprint density at radius 2 is 2.08 bits per heavy atom. The van der Waals surface area contributed by atoms with Gasteiger partial charge in [0.05, 0.1) is 6.10 Å². The minimum atomic E-state index is -0.781. The molecule has 0 aliphatic heterocycles. The Bertz CT molecular complexity index is 514. The van der Waals surface area contributed by atoms with E-state index >= 15 is 0 Å². The summed E-state index contributed by atoms with van der Waals surface area (Å²) in [7, 11) is 0. The van der Waals surface area contributed by atoms with Crippen LogP contribution in [-0.4, -0.2) is 28.1 Å². The number of aliphatic carboxylic acids is 1. The van der Waals surface area contributed by atoms with Crippen molar-refractivity contribution in [1.29, 1.82) is 0 Å². The number of carbonyl (C=O) groups is 2. The molecule has 0 aromatic heterocycles. The van der Waals surface area contributed by atoms with E-state index in [4.69, 9.17) is 5.11 Å². The average molecular weight is 332 g/mol. The van der Waals surface area contributed by atoms with Crippen LogP contribution < -0.4 is 0 Å². The maximum Gasteiger partial charge on any atom is 0.303 e. The largest absolute Gasteiger partial charge is 0.481 e. The average Bonchev–Trinajstić information content (AvgIpc) is 2.89. The van der Waals surface area contributed by atoms with Crippen molar-refractivity contribution in [1.82, 2.24) is 0 Å². The molecule has 0 bridgehead atoms. The molecule has 2 N–H and O–H groups in total. The number of aliphatic hydroxyl groups excluding tert-OH is 1. The van der Waals surface area contributed by atoms with Gasteiger partial charge in [-0.05, 0) is 38.2 Å². The summed E-state index contributed by atoms with van der Waals surface area (Å²) in [5.41, 5.74) is 0. The summed E-state index contributed by atoms with van der Waals surface area (Å²) in [4.78, 5) is 22.4. The fraction of sp³-hybridized carbons (Fsp3) is 0.500. The predicted molar refractivity (Wildman–Crippen MR) is 95.6 cm³/mol. The van der Waals surface area contributed by atoms with Crippen molar-refractivity contribution in [2.24, 2.45) is 11.8 Å². The third-order valence-corrected chi connectivity index (χ3v) is 3.97. The Morgan fingerprint density at radius 3 is 2.79 bits per heavy atom. The number of ketones is 1. The van der Waals surface area contributed by atoms with Crippen molar-refractivity contribution in [3.05, 3.63) is 48.6 Å². The van der Waals surface area contributed by atoms with E-state index in [-0.39, 0.29) is 24.0 Å². The topological polar surface area (TPSA) is 74.6 Å². The molecular weight excluding hydrogens is 304 g/mol. The lowest BCUT2D eigenvalue weighted by Crippen LogP contribution is -2.14. The van der Waals surface area contributed by atoms with Crippen molar-refractivity contribution < 1.29 is 19.8 Å². The summed E-state index contributed by atoms with van der Waals surface area (Å²) >= 11 is 0. The number of carboxylic acids is 1. The van der Waals surface area contributed by atoms with E-state index in [2.05, 4.69) is 0 Å². The molecule has 24 heavy (non-hydrogen) atoms. The van der Waals surface area contributed by atoms with Crippen LogP contribution in [0.4, 0.5) is 0 Å². The van der Waals surface area contributed by atoms with Crippen molar-refractivity contribution >= 4 is 11.8 Å². The Morgan fingerprint density at radius 1 is 1.29 bits per heavy atom. The van der Waals surface area contributed by atoms with Gasteiger partial charge in [0.25, 0.3) is 0 Å². The summed E-state index contributed by atoms with van der Waals surface area (Å²) in [6.07, 6.45) is 18.2. The first-order valence-corrected chi connectivity index (χ1v) is 8.64. The monoisotopic (exact) mass is 332 g/mol. The molecule has 0 radical (unpaired) electrons. The Hall–Kier alpha value is -1.94. The summed E-state index contributed by atoms with van der Waals surface area (Å²) < 4.78 is 0.